The van der Waals surface area contributed by atoms with Crippen LogP contribution in [0.15, 0.2) is 22.7 Å². The molecule has 21 heavy (non-hydrogen) atoms. The van der Waals surface area contributed by atoms with E-state index in [0.717, 1.165) is 12.1 Å². The lowest BCUT2D eigenvalue weighted by Gasteiger charge is -1.98. The smallest absolute Gasteiger partial charge is 0.195 e. The summed E-state index contributed by atoms with van der Waals surface area (Å²) in [5, 5.41) is 0. The molecule has 0 spiro atoms. The van der Waals surface area contributed by atoms with Crippen LogP contribution < -0.4 is 0 Å². The van der Waals surface area contributed by atoms with Gasteiger partial charge < -0.3 is 0 Å². The van der Waals surface area contributed by atoms with Crippen LogP contribution in [0.25, 0.3) is 0 Å². The minimum absolute atomic E-state index is 0.0774. The molecule has 0 aliphatic heterocycles. The van der Waals surface area contributed by atoms with Crippen LogP contribution in [0.5, 0.6) is 0 Å². The third-order valence-corrected chi connectivity index (χ3v) is 3.61. The van der Waals surface area contributed by atoms with Gasteiger partial charge in [-0.1, -0.05) is 0 Å². The Hall–Kier alpha value is -0.840. The average Bonchev–Trinajstić information content (AvgIpc) is 2.45. The maximum atomic E-state index is 12.4. The Morgan fingerprint density at radius 3 is 1.57 bits per heavy atom. The summed E-state index contributed by atoms with van der Waals surface area (Å²) in [5.74, 6) is -9.30. The Morgan fingerprint density at radius 1 is 0.667 bits per heavy atom. The van der Waals surface area contributed by atoms with Gasteiger partial charge in [0.25, 0.3) is 0 Å². The lowest BCUT2D eigenvalue weighted by Crippen LogP contribution is -1.97. The quantitative estimate of drug-likeness (QED) is 0.193. The maximum Gasteiger partial charge on any atom is 0.195 e. The Balaban J connectivity index is 0.000000211. The molecular weight excluding hydrogens is 484 g/mol. The van der Waals surface area contributed by atoms with Gasteiger partial charge in [0.05, 0.1) is 8.04 Å². The molecule has 114 valence electrons. The Kier molecular flexibility index (Phi) is 6.44. The number of benzene rings is 2. The molecule has 0 bridgehead atoms. The fourth-order valence-corrected chi connectivity index (χ4v) is 1.87. The van der Waals surface area contributed by atoms with E-state index in [1.54, 1.807) is 0 Å². The predicted molar refractivity (Wildman–Crippen MR) is 73.0 cm³/mol. The summed E-state index contributed by atoms with van der Waals surface area (Å²) < 4.78 is 85.2. The normalized spacial score (nSPS) is 10.1. The van der Waals surface area contributed by atoms with Crippen LogP contribution >= 0.6 is 38.5 Å². The van der Waals surface area contributed by atoms with Crippen LogP contribution in [0.2, 0.25) is 0 Å². The molecule has 0 nitrogen and oxygen atoms in total. The molecule has 0 aromatic heterocycles. The largest absolute Gasteiger partial charge is 0.204 e. The molecule has 2 rings (SSSR count). The van der Waals surface area contributed by atoms with Gasteiger partial charge in [0.15, 0.2) is 40.7 Å². The van der Waals surface area contributed by atoms with Crippen molar-refractivity contribution in [2.75, 3.05) is 0 Å². The highest BCUT2D eigenvalue weighted by Gasteiger charge is 2.16. The topological polar surface area (TPSA) is 0 Å². The van der Waals surface area contributed by atoms with Crippen LogP contribution in [0, 0.1) is 44.3 Å². The van der Waals surface area contributed by atoms with E-state index in [2.05, 4.69) is 15.9 Å². The summed E-state index contributed by atoms with van der Waals surface area (Å²) in [4.78, 5) is 0. The van der Waals surface area contributed by atoms with Gasteiger partial charge in [0, 0.05) is 6.07 Å². The van der Waals surface area contributed by atoms with Crippen molar-refractivity contribution >= 4 is 38.5 Å². The standard InChI is InChI=1S/C6H2BrF3.C6HF4I/c7-3-1-2-4(8)6(10)5(3)9;7-2-1-3(8)5(10)6(11)4(2)9/h1-2H;1H. The summed E-state index contributed by atoms with van der Waals surface area (Å²) in [6.45, 7) is 0. The van der Waals surface area contributed by atoms with Crippen molar-refractivity contribution in [3.63, 3.8) is 0 Å². The second-order valence-corrected chi connectivity index (χ2v) is 5.37. The first-order valence-electron chi connectivity index (χ1n) is 4.94. The fourth-order valence-electron chi connectivity index (χ4n) is 1.05. The fraction of sp³-hybridized carbons (Fsp3) is 0. The van der Waals surface area contributed by atoms with E-state index in [1.807, 2.05) is 0 Å². The van der Waals surface area contributed by atoms with Crippen molar-refractivity contribution in [2.45, 2.75) is 0 Å². The molecular formula is C12H3BrF7I. The van der Waals surface area contributed by atoms with Crippen LogP contribution in [-0.4, -0.2) is 0 Å². The zero-order valence-electron chi connectivity index (χ0n) is 9.63. The van der Waals surface area contributed by atoms with Crippen molar-refractivity contribution in [1.82, 2.24) is 0 Å². The van der Waals surface area contributed by atoms with E-state index < -0.39 is 44.3 Å². The van der Waals surface area contributed by atoms with E-state index >= 15 is 0 Å². The number of hydrogen-bond acceptors (Lipinski definition) is 0. The van der Waals surface area contributed by atoms with Gasteiger partial charge in [-0.25, -0.2) is 30.7 Å². The first kappa shape index (κ1) is 18.2. The second kappa shape index (κ2) is 7.43. The molecule has 0 unspecified atom stereocenters. The van der Waals surface area contributed by atoms with Crippen molar-refractivity contribution in [2.24, 2.45) is 0 Å². The van der Waals surface area contributed by atoms with Crippen LogP contribution in [-0.2, 0) is 0 Å². The van der Waals surface area contributed by atoms with E-state index in [0.29, 0.717) is 0 Å². The highest BCUT2D eigenvalue weighted by atomic mass is 127. The zero-order chi connectivity index (χ0) is 16.3. The first-order chi connectivity index (χ1) is 9.66. The summed E-state index contributed by atoms with van der Waals surface area (Å²) in [5.41, 5.74) is 0. The van der Waals surface area contributed by atoms with Gasteiger partial charge in [0.1, 0.15) is 0 Å². The minimum Gasteiger partial charge on any atom is -0.204 e. The Labute approximate surface area is 136 Å². The zero-order valence-corrected chi connectivity index (χ0v) is 13.4. The third kappa shape index (κ3) is 4.31. The van der Waals surface area contributed by atoms with E-state index in [4.69, 9.17) is 0 Å². The summed E-state index contributed by atoms with van der Waals surface area (Å²) in [7, 11) is 0. The lowest BCUT2D eigenvalue weighted by atomic mass is 10.3. The van der Waals surface area contributed by atoms with E-state index in [9.17, 15) is 30.7 Å². The SMILES string of the molecule is Fc1cc(F)c(F)c(I)c1F.Fc1ccc(Br)c(F)c1F. The van der Waals surface area contributed by atoms with Crippen LogP contribution in [0.3, 0.4) is 0 Å². The highest BCUT2D eigenvalue weighted by molar-refractivity contribution is 14.1. The van der Waals surface area contributed by atoms with Gasteiger partial charge in [-0.2, -0.15) is 0 Å². The molecule has 0 heterocycles. The predicted octanol–water partition coefficient (Wildman–Crippen LogP) is 5.71. The molecule has 0 saturated heterocycles. The molecule has 0 N–H and O–H groups in total. The van der Waals surface area contributed by atoms with Crippen LogP contribution in [0.4, 0.5) is 30.7 Å². The maximum absolute atomic E-state index is 12.4. The molecule has 2 aromatic carbocycles. The molecule has 0 aliphatic carbocycles. The Bertz CT molecular complexity index is 622. The summed E-state index contributed by atoms with van der Waals surface area (Å²) >= 11 is 3.89. The molecule has 0 aliphatic rings. The molecule has 0 radical (unpaired) electrons. The molecule has 0 fully saturated rings. The van der Waals surface area contributed by atoms with Gasteiger partial charge >= 0.3 is 0 Å². The number of rotatable bonds is 0. The van der Waals surface area contributed by atoms with Gasteiger partial charge in [-0.3, -0.25) is 0 Å². The molecule has 0 saturated carbocycles. The van der Waals surface area contributed by atoms with Crippen molar-refractivity contribution in [3.05, 3.63) is 67.0 Å². The molecule has 0 amide bonds. The number of hydrogen-bond donors (Lipinski definition) is 0. The lowest BCUT2D eigenvalue weighted by molar-refractivity contribution is 0.444. The average molecular weight is 487 g/mol. The number of halogens is 9. The van der Waals surface area contributed by atoms with Crippen molar-refractivity contribution in [3.8, 4) is 0 Å². The monoisotopic (exact) mass is 486 g/mol. The third-order valence-electron chi connectivity index (χ3n) is 2.05. The second-order valence-electron chi connectivity index (χ2n) is 3.44. The van der Waals surface area contributed by atoms with E-state index in [1.165, 1.54) is 22.6 Å². The van der Waals surface area contributed by atoms with Crippen LogP contribution in [0.1, 0.15) is 0 Å². The highest BCUT2D eigenvalue weighted by Crippen LogP contribution is 2.20. The van der Waals surface area contributed by atoms with Crippen molar-refractivity contribution < 1.29 is 30.7 Å². The van der Waals surface area contributed by atoms with Gasteiger partial charge in [-0.05, 0) is 50.7 Å². The summed E-state index contributed by atoms with van der Waals surface area (Å²) in [6.07, 6.45) is 0. The van der Waals surface area contributed by atoms with Gasteiger partial charge in [0.2, 0.25) is 0 Å². The summed E-state index contributed by atoms with van der Waals surface area (Å²) in [6, 6.07) is 2.13. The first-order valence-corrected chi connectivity index (χ1v) is 6.81. The molecule has 0 atom stereocenters. The molecule has 9 heteroatoms. The van der Waals surface area contributed by atoms with Crippen molar-refractivity contribution in [1.29, 1.82) is 0 Å². The Morgan fingerprint density at radius 2 is 1.14 bits per heavy atom. The van der Waals surface area contributed by atoms with Gasteiger partial charge in [-0.15, -0.1) is 0 Å². The van der Waals surface area contributed by atoms with E-state index in [-0.39, 0.29) is 10.5 Å². The minimum atomic E-state index is -1.45. The molecule has 2 aromatic rings.